The molecule has 78 valence electrons. The van der Waals surface area contributed by atoms with E-state index in [1.54, 1.807) is 6.07 Å². The summed E-state index contributed by atoms with van der Waals surface area (Å²) >= 11 is 0. The average Bonchev–Trinajstić information content (AvgIpc) is 2.25. The first-order valence-electron chi connectivity index (χ1n) is 4.76. The van der Waals surface area contributed by atoms with E-state index in [1.165, 1.54) is 0 Å². The number of aliphatic hydroxyl groups is 3. The third-order valence-corrected chi connectivity index (χ3v) is 2.13. The van der Waals surface area contributed by atoms with Crippen molar-refractivity contribution in [3.05, 3.63) is 35.4 Å². The second kappa shape index (κ2) is 5.75. The summed E-state index contributed by atoms with van der Waals surface area (Å²) in [6, 6.07) is 7.43. The fourth-order valence-electron chi connectivity index (χ4n) is 1.34. The van der Waals surface area contributed by atoms with Gasteiger partial charge in [-0.3, -0.25) is 0 Å². The van der Waals surface area contributed by atoms with E-state index in [-0.39, 0.29) is 13.2 Å². The van der Waals surface area contributed by atoms with Crippen LogP contribution < -0.4 is 0 Å². The first kappa shape index (κ1) is 11.2. The number of hydrogen-bond acceptors (Lipinski definition) is 3. The van der Waals surface area contributed by atoms with Crippen molar-refractivity contribution in [3.8, 4) is 0 Å². The predicted molar refractivity (Wildman–Crippen MR) is 53.9 cm³/mol. The molecule has 1 aromatic carbocycles. The van der Waals surface area contributed by atoms with Crippen LogP contribution in [0, 0.1) is 0 Å². The van der Waals surface area contributed by atoms with Gasteiger partial charge in [0.2, 0.25) is 0 Å². The SMILES string of the molecule is OCCCc1cccc(C(O)CO)c1. The van der Waals surface area contributed by atoms with Crippen molar-refractivity contribution in [1.82, 2.24) is 0 Å². The van der Waals surface area contributed by atoms with Crippen LogP contribution in [-0.2, 0) is 6.42 Å². The minimum absolute atomic E-state index is 0.173. The van der Waals surface area contributed by atoms with Crippen LogP contribution in [0.3, 0.4) is 0 Å². The third kappa shape index (κ3) is 3.10. The van der Waals surface area contributed by atoms with Gasteiger partial charge in [-0.05, 0) is 24.0 Å². The fraction of sp³-hybridized carbons (Fsp3) is 0.455. The number of aryl methyl sites for hydroxylation is 1. The van der Waals surface area contributed by atoms with Gasteiger partial charge in [0.1, 0.15) is 6.10 Å². The Bertz CT molecular complexity index is 273. The van der Waals surface area contributed by atoms with Crippen LogP contribution in [0.4, 0.5) is 0 Å². The lowest BCUT2D eigenvalue weighted by Crippen LogP contribution is -2.03. The molecule has 0 amide bonds. The van der Waals surface area contributed by atoms with Crippen molar-refractivity contribution >= 4 is 0 Å². The Hall–Kier alpha value is -0.900. The maximum Gasteiger partial charge on any atom is 0.102 e. The molecule has 0 spiro atoms. The molecule has 0 radical (unpaired) electrons. The van der Waals surface area contributed by atoms with Gasteiger partial charge in [0.15, 0.2) is 0 Å². The maximum absolute atomic E-state index is 9.38. The Morgan fingerprint density at radius 3 is 2.64 bits per heavy atom. The molecule has 1 atom stereocenters. The maximum atomic E-state index is 9.38. The van der Waals surface area contributed by atoms with Gasteiger partial charge >= 0.3 is 0 Å². The standard InChI is InChI=1S/C11H16O3/c12-6-2-4-9-3-1-5-10(7-9)11(14)8-13/h1,3,5,7,11-14H,2,4,6,8H2. The molecule has 0 fully saturated rings. The van der Waals surface area contributed by atoms with Gasteiger partial charge in [0.25, 0.3) is 0 Å². The quantitative estimate of drug-likeness (QED) is 0.647. The summed E-state index contributed by atoms with van der Waals surface area (Å²) in [7, 11) is 0. The van der Waals surface area contributed by atoms with Gasteiger partial charge in [-0.2, -0.15) is 0 Å². The van der Waals surface area contributed by atoms with Crippen LogP contribution in [0.5, 0.6) is 0 Å². The summed E-state index contributed by atoms with van der Waals surface area (Å²) in [6.07, 6.45) is 0.713. The first-order valence-corrected chi connectivity index (χ1v) is 4.76. The summed E-state index contributed by atoms with van der Waals surface area (Å²) in [6.45, 7) is -0.0871. The van der Waals surface area contributed by atoms with Crippen LogP contribution in [-0.4, -0.2) is 28.5 Å². The molecule has 1 aromatic rings. The zero-order valence-corrected chi connectivity index (χ0v) is 8.06. The van der Waals surface area contributed by atoms with Crippen LogP contribution in [0.1, 0.15) is 23.7 Å². The summed E-state index contributed by atoms with van der Waals surface area (Å²) in [5.74, 6) is 0. The third-order valence-electron chi connectivity index (χ3n) is 2.13. The van der Waals surface area contributed by atoms with E-state index in [0.717, 1.165) is 24.0 Å². The Balaban J connectivity index is 2.68. The van der Waals surface area contributed by atoms with Crippen molar-refractivity contribution in [1.29, 1.82) is 0 Å². The van der Waals surface area contributed by atoms with Crippen LogP contribution in [0.25, 0.3) is 0 Å². The van der Waals surface area contributed by atoms with Gasteiger partial charge in [0.05, 0.1) is 6.61 Å². The number of rotatable bonds is 5. The molecule has 0 saturated heterocycles. The predicted octanol–water partition coefficient (Wildman–Crippen LogP) is 0.637. The number of benzene rings is 1. The Labute approximate surface area is 83.6 Å². The van der Waals surface area contributed by atoms with Gasteiger partial charge in [-0.1, -0.05) is 24.3 Å². The summed E-state index contributed by atoms with van der Waals surface area (Å²) in [5, 5.41) is 26.8. The molecule has 1 rings (SSSR count). The van der Waals surface area contributed by atoms with E-state index >= 15 is 0 Å². The van der Waals surface area contributed by atoms with Gasteiger partial charge in [-0.15, -0.1) is 0 Å². The van der Waals surface area contributed by atoms with Crippen LogP contribution in [0.2, 0.25) is 0 Å². The van der Waals surface area contributed by atoms with E-state index in [0.29, 0.717) is 0 Å². The van der Waals surface area contributed by atoms with E-state index in [4.69, 9.17) is 10.2 Å². The Kier molecular flexibility index (Phi) is 4.59. The molecular weight excluding hydrogens is 180 g/mol. The molecule has 1 unspecified atom stereocenters. The largest absolute Gasteiger partial charge is 0.396 e. The minimum atomic E-state index is -0.802. The van der Waals surface area contributed by atoms with E-state index in [2.05, 4.69) is 0 Å². The van der Waals surface area contributed by atoms with Gasteiger partial charge in [0, 0.05) is 6.61 Å². The van der Waals surface area contributed by atoms with Gasteiger partial charge < -0.3 is 15.3 Å². The van der Waals surface area contributed by atoms with Crippen molar-refractivity contribution in [2.75, 3.05) is 13.2 Å². The summed E-state index contributed by atoms with van der Waals surface area (Å²) in [4.78, 5) is 0. The second-order valence-electron chi connectivity index (χ2n) is 3.27. The minimum Gasteiger partial charge on any atom is -0.396 e. The molecule has 0 saturated carbocycles. The zero-order valence-electron chi connectivity index (χ0n) is 8.06. The topological polar surface area (TPSA) is 60.7 Å². The molecule has 3 N–H and O–H groups in total. The highest BCUT2D eigenvalue weighted by atomic mass is 16.3. The smallest absolute Gasteiger partial charge is 0.102 e. The number of hydrogen-bond donors (Lipinski definition) is 3. The molecular formula is C11H16O3. The van der Waals surface area contributed by atoms with Crippen molar-refractivity contribution in [2.24, 2.45) is 0 Å². The normalized spacial score (nSPS) is 12.8. The molecule has 0 heterocycles. The zero-order chi connectivity index (χ0) is 10.4. The average molecular weight is 196 g/mol. The molecule has 0 aromatic heterocycles. The summed E-state index contributed by atoms with van der Waals surface area (Å²) in [5.41, 5.74) is 1.80. The highest BCUT2D eigenvalue weighted by Gasteiger charge is 2.05. The first-order chi connectivity index (χ1) is 6.77. The lowest BCUT2D eigenvalue weighted by molar-refractivity contribution is 0.0955. The number of aliphatic hydroxyl groups excluding tert-OH is 3. The second-order valence-corrected chi connectivity index (χ2v) is 3.27. The highest BCUT2D eigenvalue weighted by molar-refractivity contribution is 5.25. The van der Waals surface area contributed by atoms with Crippen molar-refractivity contribution < 1.29 is 15.3 Å². The van der Waals surface area contributed by atoms with Crippen molar-refractivity contribution in [2.45, 2.75) is 18.9 Å². The lowest BCUT2D eigenvalue weighted by atomic mass is 10.0. The van der Waals surface area contributed by atoms with Crippen LogP contribution >= 0.6 is 0 Å². The lowest BCUT2D eigenvalue weighted by Gasteiger charge is -2.08. The molecule has 3 heteroatoms. The van der Waals surface area contributed by atoms with E-state index in [1.807, 2.05) is 18.2 Å². The van der Waals surface area contributed by atoms with Crippen LogP contribution in [0.15, 0.2) is 24.3 Å². The molecule has 0 aliphatic heterocycles. The molecule has 14 heavy (non-hydrogen) atoms. The monoisotopic (exact) mass is 196 g/mol. The fourth-order valence-corrected chi connectivity index (χ4v) is 1.34. The van der Waals surface area contributed by atoms with E-state index < -0.39 is 6.10 Å². The van der Waals surface area contributed by atoms with Crippen molar-refractivity contribution in [3.63, 3.8) is 0 Å². The highest BCUT2D eigenvalue weighted by Crippen LogP contribution is 2.14. The molecule has 0 aliphatic carbocycles. The van der Waals surface area contributed by atoms with Gasteiger partial charge in [-0.25, -0.2) is 0 Å². The van der Waals surface area contributed by atoms with E-state index in [9.17, 15) is 5.11 Å². The summed E-state index contributed by atoms with van der Waals surface area (Å²) < 4.78 is 0. The molecule has 0 aliphatic rings. The molecule has 3 nitrogen and oxygen atoms in total. The molecule has 0 bridgehead atoms. The Morgan fingerprint density at radius 1 is 1.21 bits per heavy atom. The Morgan fingerprint density at radius 2 is 2.00 bits per heavy atom.